The molecular formula is C16H20ClNO. The zero-order chi connectivity index (χ0) is 13.6. The molecule has 3 rings (SSSR count). The zero-order valence-corrected chi connectivity index (χ0v) is 12.2. The minimum Gasteiger partial charge on any atom is -0.350 e. The average molecular weight is 278 g/mol. The second-order valence-electron chi connectivity index (χ2n) is 6.46. The first-order valence-corrected chi connectivity index (χ1v) is 7.53. The number of carbonyl (C=O) groups excluding carboxylic acids is 1. The quantitative estimate of drug-likeness (QED) is 0.845. The summed E-state index contributed by atoms with van der Waals surface area (Å²) in [7, 11) is 0. The van der Waals surface area contributed by atoms with Crippen molar-refractivity contribution in [3.8, 4) is 0 Å². The van der Waals surface area contributed by atoms with Gasteiger partial charge in [0.15, 0.2) is 0 Å². The summed E-state index contributed by atoms with van der Waals surface area (Å²) in [4.78, 5) is 12.4. The Balaban J connectivity index is 1.76. The molecule has 19 heavy (non-hydrogen) atoms. The molecule has 3 atom stereocenters. The lowest BCUT2D eigenvalue weighted by Crippen LogP contribution is -2.46. The van der Waals surface area contributed by atoms with Crippen molar-refractivity contribution in [2.75, 3.05) is 5.88 Å². The van der Waals surface area contributed by atoms with Crippen LogP contribution in [0.1, 0.15) is 37.3 Å². The van der Waals surface area contributed by atoms with Crippen LogP contribution in [0.3, 0.4) is 0 Å². The summed E-state index contributed by atoms with van der Waals surface area (Å²) in [6, 6.07) is 8.55. The summed E-state index contributed by atoms with van der Waals surface area (Å²) in [5.74, 6) is 1.76. The summed E-state index contributed by atoms with van der Waals surface area (Å²) in [6.45, 7) is 3.94. The molecule has 1 saturated carbocycles. The van der Waals surface area contributed by atoms with Gasteiger partial charge in [-0.1, -0.05) is 24.3 Å². The molecule has 3 unspecified atom stereocenters. The molecule has 1 N–H and O–H groups in total. The van der Waals surface area contributed by atoms with E-state index in [4.69, 9.17) is 11.6 Å². The van der Waals surface area contributed by atoms with Gasteiger partial charge in [-0.3, -0.25) is 4.79 Å². The SMILES string of the molecule is CC(C)(CCl)NC(=O)C1C2CCc3ccccc3C21. The van der Waals surface area contributed by atoms with Gasteiger partial charge < -0.3 is 5.32 Å². The normalized spacial score (nSPS) is 28.3. The van der Waals surface area contributed by atoms with E-state index in [1.165, 1.54) is 11.1 Å². The van der Waals surface area contributed by atoms with Gasteiger partial charge in [-0.05, 0) is 49.7 Å². The van der Waals surface area contributed by atoms with Crippen LogP contribution in [-0.4, -0.2) is 17.3 Å². The van der Waals surface area contributed by atoms with Gasteiger partial charge in [-0.2, -0.15) is 0 Å². The van der Waals surface area contributed by atoms with Crippen LogP contribution in [0.2, 0.25) is 0 Å². The molecular weight excluding hydrogens is 258 g/mol. The predicted molar refractivity (Wildman–Crippen MR) is 77.4 cm³/mol. The van der Waals surface area contributed by atoms with E-state index >= 15 is 0 Å². The second kappa shape index (κ2) is 4.52. The number of fused-ring (bicyclic) bond motifs is 3. The first-order chi connectivity index (χ1) is 9.03. The molecule has 1 aromatic rings. The maximum Gasteiger partial charge on any atom is 0.224 e. The van der Waals surface area contributed by atoms with Crippen LogP contribution >= 0.6 is 11.6 Å². The molecule has 1 aromatic carbocycles. The molecule has 102 valence electrons. The van der Waals surface area contributed by atoms with E-state index in [1.54, 1.807) is 0 Å². The molecule has 0 aliphatic heterocycles. The minimum absolute atomic E-state index is 0.158. The lowest BCUT2D eigenvalue weighted by atomic mass is 9.92. The number of carbonyl (C=O) groups is 1. The predicted octanol–water partition coefficient (Wildman–Crippen LogP) is 3.10. The molecule has 0 spiro atoms. The fourth-order valence-electron chi connectivity index (χ4n) is 3.37. The van der Waals surface area contributed by atoms with Crippen molar-refractivity contribution in [3.63, 3.8) is 0 Å². The minimum atomic E-state index is -0.316. The van der Waals surface area contributed by atoms with Gasteiger partial charge >= 0.3 is 0 Å². The highest BCUT2D eigenvalue weighted by Gasteiger charge is 2.57. The fraction of sp³-hybridized carbons (Fsp3) is 0.562. The number of nitrogens with one attached hydrogen (secondary N) is 1. The molecule has 1 fully saturated rings. The van der Waals surface area contributed by atoms with Crippen LogP contribution in [-0.2, 0) is 11.2 Å². The number of aryl methyl sites for hydroxylation is 1. The molecule has 2 nitrogen and oxygen atoms in total. The number of hydrogen-bond donors (Lipinski definition) is 1. The van der Waals surface area contributed by atoms with E-state index in [9.17, 15) is 4.79 Å². The molecule has 2 aliphatic carbocycles. The van der Waals surface area contributed by atoms with Crippen LogP contribution < -0.4 is 5.32 Å². The van der Waals surface area contributed by atoms with Crippen molar-refractivity contribution >= 4 is 17.5 Å². The molecule has 3 heteroatoms. The third kappa shape index (κ3) is 2.27. The molecule has 0 aromatic heterocycles. The summed E-state index contributed by atoms with van der Waals surface area (Å²) in [5, 5.41) is 3.08. The number of rotatable bonds is 3. The van der Waals surface area contributed by atoms with Crippen molar-refractivity contribution in [2.45, 2.75) is 38.1 Å². The van der Waals surface area contributed by atoms with Crippen molar-refractivity contribution in [1.29, 1.82) is 0 Å². The van der Waals surface area contributed by atoms with Crippen LogP contribution in [0.15, 0.2) is 24.3 Å². The molecule has 0 saturated heterocycles. The Morgan fingerprint density at radius 3 is 2.89 bits per heavy atom. The number of amides is 1. The van der Waals surface area contributed by atoms with E-state index in [1.807, 2.05) is 13.8 Å². The molecule has 0 radical (unpaired) electrons. The monoisotopic (exact) mass is 277 g/mol. The number of alkyl halides is 1. The van der Waals surface area contributed by atoms with Crippen LogP contribution in [0, 0.1) is 11.8 Å². The van der Waals surface area contributed by atoms with Gasteiger partial charge in [-0.25, -0.2) is 0 Å². The summed E-state index contributed by atoms with van der Waals surface area (Å²) in [6.07, 6.45) is 2.25. The molecule has 2 aliphatic rings. The lowest BCUT2D eigenvalue weighted by Gasteiger charge is -2.23. The maximum atomic E-state index is 12.4. The summed E-state index contributed by atoms with van der Waals surface area (Å²) < 4.78 is 0. The zero-order valence-electron chi connectivity index (χ0n) is 11.4. The Morgan fingerprint density at radius 1 is 1.42 bits per heavy atom. The molecule has 0 heterocycles. The lowest BCUT2D eigenvalue weighted by molar-refractivity contribution is -0.124. The standard InChI is InChI=1S/C16H20ClNO/c1-16(2,9-17)18-15(19)14-12-8-7-10-5-3-4-6-11(10)13(12)14/h3-6,12-14H,7-9H2,1-2H3,(H,18,19). The summed E-state index contributed by atoms with van der Waals surface area (Å²) >= 11 is 5.88. The number of hydrogen-bond acceptors (Lipinski definition) is 1. The third-order valence-electron chi connectivity index (χ3n) is 4.43. The first kappa shape index (κ1) is 13.0. The first-order valence-electron chi connectivity index (χ1n) is 6.99. The van der Waals surface area contributed by atoms with Gasteiger partial charge in [0.2, 0.25) is 5.91 Å². The van der Waals surface area contributed by atoms with Crippen molar-refractivity contribution < 1.29 is 4.79 Å². The average Bonchev–Trinajstić information content (AvgIpc) is 3.13. The Labute approximate surface area is 119 Å². The topological polar surface area (TPSA) is 29.1 Å². The van der Waals surface area contributed by atoms with Gasteiger partial charge in [-0.15, -0.1) is 11.6 Å². The van der Waals surface area contributed by atoms with Crippen LogP contribution in [0.4, 0.5) is 0 Å². The third-order valence-corrected chi connectivity index (χ3v) is 5.10. The largest absolute Gasteiger partial charge is 0.350 e. The highest BCUT2D eigenvalue weighted by atomic mass is 35.5. The maximum absolute atomic E-state index is 12.4. The Morgan fingerprint density at radius 2 is 2.16 bits per heavy atom. The van der Waals surface area contributed by atoms with Gasteiger partial charge in [0.05, 0.1) is 0 Å². The summed E-state index contributed by atoms with van der Waals surface area (Å²) in [5.41, 5.74) is 2.50. The highest BCUT2D eigenvalue weighted by molar-refractivity contribution is 6.18. The number of benzene rings is 1. The van der Waals surface area contributed by atoms with Gasteiger partial charge in [0.1, 0.15) is 0 Å². The molecule has 1 amide bonds. The Bertz CT molecular complexity index is 511. The molecule has 0 bridgehead atoms. The Hall–Kier alpha value is -1.02. The van der Waals surface area contributed by atoms with E-state index in [2.05, 4.69) is 29.6 Å². The van der Waals surface area contributed by atoms with E-state index in [-0.39, 0.29) is 17.4 Å². The van der Waals surface area contributed by atoms with Crippen LogP contribution in [0.25, 0.3) is 0 Å². The second-order valence-corrected chi connectivity index (χ2v) is 6.73. The van der Waals surface area contributed by atoms with Crippen molar-refractivity contribution in [3.05, 3.63) is 35.4 Å². The smallest absolute Gasteiger partial charge is 0.224 e. The van der Waals surface area contributed by atoms with Gasteiger partial charge in [0, 0.05) is 17.3 Å². The van der Waals surface area contributed by atoms with E-state index in [0.29, 0.717) is 17.7 Å². The van der Waals surface area contributed by atoms with E-state index < -0.39 is 0 Å². The van der Waals surface area contributed by atoms with E-state index in [0.717, 1.165) is 12.8 Å². The van der Waals surface area contributed by atoms with Gasteiger partial charge in [0.25, 0.3) is 0 Å². The van der Waals surface area contributed by atoms with Crippen molar-refractivity contribution in [2.24, 2.45) is 11.8 Å². The van der Waals surface area contributed by atoms with Crippen molar-refractivity contribution in [1.82, 2.24) is 5.32 Å². The Kier molecular flexibility index (Phi) is 3.09. The number of halogens is 1. The highest BCUT2D eigenvalue weighted by Crippen LogP contribution is 2.59. The van der Waals surface area contributed by atoms with Crippen LogP contribution in [0.5, 0.6) is 0 Å². The fourth-order valence-corrected chi connectivity index (χ4v) is 3.44.